The lowest BCUT2D eigenvalue weighted by molar-refractivity contribution is 0.350. The van der Waals surface area contributed by atoms with Crippen molar-refractivity contribution < 1.29 is 4.39 Å². The van der Waals surface area contributed by atoms with E-state index in [1.165, 1.54) is 32.1 Å². The van der Waals surface area contributed by atoms with Crippen LogP contribution in [0.2, 0.25) is 5.02 Å². The number of hydrogen-bond donors (Lipinski definition) is 1. The summed E-state index contributed by atoms with van der Waals surface area (Å²) in [6, 6.07) is 5.76. The summed E-state index contributed by atoms with van der Waals surface area (Å²) < 4.78 is 13.4. The van der Waals surface area contributed by atoms with E-state index in [4.69, 9.17) is 11.6 Å². The fraction of sp³-hybridized carbons (Fsp3) is 0.600. The highest BCUT2D eigenvalue weighted by molar-refractivity contribution is 6.30. The zero-order valence-corrected chi connectivity index (χ0v) is 11.6. The number of rotatable bonds is 3. The standard InChI is InChI=1S/C15H21ClFN/c1-18-15-6-4-2-3-5-12(15)9-11-7-8-13(16)14(17)10-11/h7-8,10,12,15,18H,2-6,9H2,1H3. The highest BCUT2D eigenvalue weighted by Gasteiger charge is 2.22. The van der Waals surface area contributed by atoms with Gasteiger partial charge in [-0.05, 0) is 49.9 Å². The highest BCUT2D eigenvalue weighted by Crippen LogP contribution is 2.27. The second-order valence-electron chi connectivity index (χ2n) is 5.25. The molecule has 0 saturated heterocycles. The van der Waals surface area contributed by atoms with Crippen LogP contribution in [-0.4, -0.2) is 13.1 Å². The van der Waals surface area contributed by atoms with E-state index < -0.39 is 0 Å². The van der Waals surface area contributed by atoms with Gasteiger partial charge in [0.2, 0.25) is 0 Å². The van der Waals surface area contributed by atoms with Crippen molar-refractivity contribution in [2.45, 2.75) is 44.6 Å². The highest BCUT2D eigenvalue weighted by atomic mass is 35.5. The molecule has 2 atom stereocenters. The Morgan fingerprint density at radius 3 is 2.78 bits per heavy atom. The van der Waals surface area contributed by atoms with E-state index >= 15 is 0 Å². The predicted octanol–water partition coefficient (Wildman–Crippen LogP) is 4.19. The van der Waals surface area contributed by atoms with Gasteiger partial charge in [-0.3, -0.25) is 0 Å². The van der Waals surface area contributed by atoms with Gasteiger partial charge in [-0.25, -0.2) is 4.39 Å². The van der Waals surface area contributed by atoms with Gasteiger partial charge in [0, 0.05) is 6.04 Å². The topological polar surface area (TPSA) is 12.0 Å². The van der Waals surface area contributed by atoms with Gasteiger partial charge in [0.1, 0.15) is 5.82 Å². The second-order valence-corrected chi connectivity index (χ2v) is 5.65. The van der Waals surface area contributed by atoms with E-state index in [1.54, 1.807) is 12.1 Å². The Bertz CT molecular complexity index is 394. The van der Waals surface area contributed by atoms with Crippen molar-refractivity contribution in [1.82, 2.24) is 5.32 Å². The summed E-state index contributed by atoms with van der Waals surface area (Å²) in [6.07, 6.45) is 7.33. The van der Waals surface area contributed by atoms with Crippen LogP contribution in [0.3, 0.4) is 0 Å². The molecule has 1 N–H and O–H groups in total. The Morgan fingerprint density at radius 1 is 1.28 bits per heavy atom. The number of halogens is 2. The van der Waals surface area contributed by atoms with Crippen LogP contribution in [-0.2, 0) is 6.42 Å². The van der Waals surface area contributed by atoms with Crippen LogP contribution in [0.1, 0.15) is 37.7 Å². The van der Waals surface area contributed by atoms with Gasteiger partial charge < -0.3 is 5.32 Å². The van der Waals surface area contributed by atoms with E-state index in [1.807, 2.05) is 13.1 Å². The monoisotopic (exact) mass is 269 g/mol. The Balaban J connectivity index is 2.07. The van der Waals surface area contributed by atoms with Crippen molar-refractivity contribution in [3.8, 4) is 0 Å². The van der Waals surface area contributed by atoms with Gasteiger partial charge in [-0.15, -0.1) is 0 Å². The summed E-state index contributed by atoms with van der Waals surface area (Å²) in [4.78, 5) is 0. The molecule has 1 aliphatic carbocycles. The third-order valence-corrected chi connectivity index (χ3v) is 4.32. The van der Waals surface area contributed by atoms with E-state index in [0.29, 0.717) is 12.0 Å². The molecule has 0 aromatic heterocycles. The molecular formula is C15H21ClFN. The lowest BCUT2D eigenvalue weighted by Crippen LogP contribution is -2.33. The summed E-state index contributed by atoms with van der Waals surface area (Å²) in [7, 11) is 2.03. The second kappa shape index (κ2) is 6.53. The maximum Gasteiger partial charge on any atom is 0.142 e. The van der Waals surface area contributed by atoms with Gasteiger partial charge in [0.15, 0.2) is 0 Å². The van der Waals surface area contributed by atoms with Crippen LogP contribution in [0.25, 0.3) is 0 Å². The maximum atomic E-state index is 13.4. The van der Waals surface area contributed by atoms with Crippen LogP contribution in [0.15, 0.2) is 18.2 Å². The van der Waals surface area contributed by atoms with E-state index in [0.717, 1.165) is 12.0 Å². The quantitative estimate of drug-likeness (QED) is 0.812. The summed E-state index contributed by atoms with van der Waals surface area (Å²) >= 11 is 5.72. The van der Waals surface area contributed by atoms with Crippen molar-refractivity contribution in [1.29, 1.82) is 0 Å². The van der Waals surface area contributed by atoms with Crippen molar-refractivity contribution in [2.75, 3.05) is 7.05 Å². The van der Waals surface area contributed by atoms with E-state index in [-0.39, 0.29) is 10.8 Å². The van der Waals surface area contributed by atoms with Gasteiger partial charge in [-0.2, -0.15) is 0 Å². The number of benzene rings is 1. The Kier molecular flexibility index (Phi) is 5.02. The first kappa shape index (κ1) is 13.8. The fourth-order valence-electron chi connectivity index (χ4n) is 2.98. The van der Waals surface area contributed by atoms with Crippen LogP contribution in [0.4, 0.5) is 4.39 Å². The smallest absolute Gasteiger partial charge is 0.142 e. The predicted molar refractivity (Wildman–Crippen MR) is 74.5 cm³/mol. The summed E-state index contributed by atoms with van der Waals surface area (Å²) in [5, 5.41) is 3.63. The van der Waals surface area contributed by atoms with Gasteiger partial charge in [-0.1, -0.05) is 36.9 Å². The lowest BCUT2D eigenvalue weighted by Gasteiger charge is -2.24. The Hall–Kier alpha value is -0.600. The minimum absolute atomic E-state index is 0.213. The molecule has 0 aliphatic heterocycles. The van der Waals surface area contributed by atoms with Crippen LogP contribution in [0.5, 0.6) is 0 Å². The molecule has 1 saturated carbocycles. The van der Waals surface area contributed by atoms with E-state index in [9.17, 15) is 4.39 Å². The zero-order valence-electron chi connectivity index (χ0n) is 10.9. The normalized spacial score (nSPS) is 24.8. The molecule has 100 valence electrons. The number of nitrogens with one attached hydrogen (secondary N) is 1. The summed E-state index contributed by atoms with van der Waals surface area (Å²) in [5.74, 6) is 0.307. The SMILES string of the molecule is CNC1CCCCCC1Cc1ccc(Cl)c(F)c1. The van der Waals surface area contributed by atoms with Crippen molar-refractivity contribution in [2.24, 2.45) is 5.92 Å². The summed E-state index contributed by atoms with van der Waals surface area (Å²) in [5.41, 5.74) is 1.06. The third-order valence-electron chi connectivity index (χ3n) is 4.01. The minimum atomic E-state index is -0.302. The average Bonchev–Trinajstić information content (AvgIpc) is 2.59. The first-order valence-electron chi connectivity index (χ1n) is 6.82. The molecule has 0 spiro atoms. The summed E-state index contributed by atoms with van der Waals surface area (Å²) in [6.45, 7) is 0. The molecule has 18 heavy (non-hydrogen) atoms. The van der Waals surface area contributed by atoms with Gasteiger partial charge in [0.25, 0.3) is 0 Å². The van der Waals surface area contributed by atoms with Gasteiger partial charge >= 0.3 is 0 Å². The molecule has 0 amide bonds. The minimum Gasteiger partial charge on any atom is -0.317 e. The molecule has 2 unspecified atom stereocenters. The first-order valence-corrected chi connectivity index (χ1v) is 7.19. The van der Waals surface area contributed by atoms with E-state index in [2.05, 4.69) is 5.32 Å². The van der Waals surface area contributed by atoms with Crippen LogP contribution < -0.4 is 5.32 Å². The largest absolute Gasteiger partial charge is 0.317 e. The van der Waals surface area contributed by atoms with Gasteiger partial charge in [0.05, 0.1) is 5.02 Å². The molecular weight excluding hydrogens is 249 g/mol. The Morgan fingerprint density at radius 2 is 2.06 bits per heavy atom. The molecule has 1 aromatic rings. The zero-order chi connectivity index (χ0) is 13.0. The molecule has 0 heterocycles. The third kappa shape index (κ3) is 3.46. The Labute approximate surface area is 114 Å². The van der Waals surface area contributed by atoms with Crippen molar-refractivity contribution in [3.63, 3.8) is 0 Å². The fourth-order valence-corrected chi connectivity index (χ4v) is 3.10. The molecule has 2 rings (SSSR count). The molecule has 1 fully saturated rings. The molecule has 3 heteroatoms. The number of hydrogen-bond acceptors (Lipinski definition) is 1. The van der Waals surface area contributed by atoms with Crippen molar-refractivity contribution in [3.05, 3.63) is 34.6 Å². The average molecular weight is 270 g/mol. The molecule has 1 aromatic carbocycles. The first-order chi connectivity index (χ1) is 8.70. The van der Waals surface area contributed by atoms with Crippen molar-refractivity contribution >= 4 is 11.6 Å². The molecule has 0 bridgehead atoms. The maximum absolute atomic E-state index is 13.4. The lowest BCUT2D eigenvalue weighted by atomic mass is 9.88. The van der Waals surface area contributed by atoms with Crippen LogP contribution in [0, 0.1) is 11.7 Å². The molecule has 1 aliphatic rings. The molecule has 1 nitrogen and oxygen atoms in total. The molecule has 0 radical (unpaired) electrons. The van der Waals surface area contributed by atoms with Crippen LogP contribution >= 0.6 is 11.6 Å².